The molecule has 2 rings (SSSR count). The normalized spacial score (nSPS) is 13.9. The number of benzene rings is 1. The molecule has 0 unspecified atom stereocenters. The monoisotopic (exact) mass is 352 g/mol. The second-order valence-electron chi connectivity index (χ2n) is 5.26. The lowest BCUT2D eigenvalue weighted by Crippen LogP contribution is -2.36. The number of nitrogens with one attached hydrogen (secondary N) is 1. The summed E-state index contributed by atoms with van der Waals surface area (Å²) in [5.41, 5.74) is 1.00. The summed E-state index contributed by atoms with van der Waals surface area (Å²) in [6, 6.07) is 5.21. The third-order valence-electron chi connectivity index (χ3n) is 3.65. The Bertz CT molecular complexity index is 531. The van der Waals surface area contributed by atoms with E-state index in [-0.39, 0.29) is 11.8 Å². The molecule has 5 heteroatoms. The van der Waals surface area contributed by atoms with E-state index < -0.39 is 0 Å². The first kappa shape index (κ1) is 16.2. The number of amides is 2. The molecule has 1 aromatic rings. The average Bonchev–Trinajstić information content (AvgIpc) is 2.70. The van der Waals surface area contributed by atoms with Crippen LogP contribution in [-0.4, -0.2) is 36.3 Å². The Hall–Kier alpha value is -1.20. The fourth-order valence-electron chi connectivity index (χ4n) is 2.46. The maximum absolute atomic E-state index is 12.2. The summed E-state index contributed by atoms with van der Waals surface area (Å²) in [6.07, 6.45) is 4.85. The Morgan fingerprint density at radius 2 is 1.81 bits per heavy atom. The van der Waals surface area contributed by atoms with Gasteiger partial charge in [0.25, 0.3) is 11.8 Å². The SMILES string of the molecule is CCCCCCNCCN1C(=O)c2ccc(Br)cc2C1=O. The topological polar surface area (TPSA) is 49.4 Å². The molecule has 0 radical (unpaired) electrons. The molecule has 0 aromatic heterocycles. The molecule has 0 fully saturated rings. The summed E-state index contributed by atoms with van der Waals surface area (Å²) in [6.45, 7) is 4.21. The van der Waals surface area contributed by atoms with E-state index in [4.69, 9.17) is 0 Å². The van der Waals surface area contributed by atoms with E-state index >= 15 is 0 Å². The minimum atomic E-state index is -0.191. The number of carbonyl (C=O) groups excluding carboxylic acids is 2. The highest BCUT2D eigenvalue weighted by Crippen LogP contribution is 2.25. The predicted molar refractivity (Wildman–Crippen MR) is 86.5 cm³/mol. The van der Waals surface area contributed by atoms with Gasteiger partial charge in [0.15, 0.2) is 0 Å². The number of hydrogen-bond donors (Lipinski definition) is 1. The average molecular weight is 353 g/mol. The Labute approximate surface area is 134 Å². The molecule has 2 amide bonds. The molecule has 0 saturated carbocycles. The number of nitrogens with zero attached hydrogens (tertiary/aromatic N) is 1. The van der Waals surface area contributed by atoms with Gasteiger partial charge in [-0.25, -0.2) is 0 Å². The maximum atomic E-state index is 12.2. The van der Waals surface area contributed by atoms with E-state index in [1.165, 1.54) is 24.2 Å². The predicted octanol–water partition coefficient (Wildman–Crippen LogP) is 3.22. The smallest absolute Gasteiger partial charge is 0.261 e. The van der Waals surface area contributed by atoms with Gasteiger partial charge in [0, 0.05) is 17.6 Å². The fourth-order valence-corrected chi connectivity index (χ4v) is 2.82. The second-order valence-corrected chi connectivity index (χ2v) is 6.18. The van der Waals surface area contributed by atoms with E-state index in [0.717, 1.165) is 17.4 Å². The van der Waals surface area contributed by atoms with Crippen molar-refractivity contribution in [1.82, 2.24) is 10.2 Å². The molecule has 0 bridgehead atoms. The lowest BCUT2D eigenvalue weighted by molar-refractivity contribution is 0.0655. The van der Waals surface area contributed by atoms with Gasteiger partial charge < -0.3 is 5.32 Å². The molecule has 1 heterocycles. The molecule has 1 N–H and O–H groups in total. The molecule has 1 aromatic carbocycles. The van der Waals surface area contributed by atoms with Gasteiger partial charge in [0.05, 0.1) is 11.1 Å². The van der Waals surface area contributed by atoms with Crippen LogP contribution in [0.15, 0.2) is 22.7 Å². The van der Waals surface area contributed by atoms with Gasteiger partial charge in [0.2, 0.25) is 0 Å². The number of carbonyl (C=O) groups is 2. The first-order valence-corrected chi connectivity index (χ1v) is 8.31. The highest BCUT2D eigenvalue weighted by atomic mass is 79.9. The third-order valence-corrected chi connectivity index (χ3v) is 4.15. The van der Waals surface area contributed by atoms with Crippen LogP contribution in [0, 0.1) is 0 Å². The molecule has 1 aliphatic rings. The standard InChI is InChI=1S/C16H21BrN2O2/c1-2-3-4-5-8-18-9-10-19-15(20)13-7-6-12(17)11-14(13)16(19)21/h6-7,11,18H,2-5,8-10H2,1H3. The van der Waals surface area contributed by atoms with Crippen LogP contribution in [0.25, 0.3) is 0 Å². The van der Waals surface area contributed by atoms with Crippen molar-refractivity contribution >= 4 is 27.7 Å². The second kappa shape index (κ2) is 7.71. The largest absolute Gasteiger partial charge is 0.315 e. The Kier molecular flexibility index (Phi) is 5.94. The van der Waals surface area contributed by atoms with Crippen LogP contribution in [0.1, 0.15) is 53.3 Å². The lowest BCUT2D eigenvalue weighted by Gasteiger charge is -2.14. The molecule has 21 heavy (non-hydrogen) atoms. The molecule has 114 valence electrons. The summed E-state index contributed by atoms with van der Waals surface area (Å²) in [7, 11) is 0. The Morgan fingerprint density at radius 3 is 2.57 bits per heavy atom. The quantitative estimate of drug-likeness (QED) is 0.577. The zero-order valence-corrected chi connectivity index (χ0v) is 13.9. The molecule has 0 saturated heterocycles. The van der Waals surface area contributed by atoms with Crippen LogP contribution >= 0.6 is 15.9 Å². The van der Waals surface area contributed by atoms with Crippen molar-refractivity contribution < 1.29 is 9.59 Å². The van der Waals surface area contributed by atoms with Gasteiger partial charge >= 0.3 is 0 Å². The van der Waals surface area contributed by atoms with Crippen LogP contribution in [0.2, 0.25) is 0 Å². The molecule has 0 spiro atoms. The van der Waals surface area contributed by atoms with Crippen molar-refractivity contribution in [1.29, 1.82) is 0 Å². The minimum absolute atomic E-state index is 0.185. The number of halogens is 1. The van der Waals surface area contributed by atoms with Crippen LogP contribution in [0.5, 0.6) is 0 Å². The van der Waals surface area contributed by atoms with Crippen molar-refractivity contribution in [2.75, 3.05) is 19.6 Å². The molecule has 1 aliphatic heterocycles. The first-order valence-electron chi connectivity index (χ1n) is 7.51. The van der Waals surface area contributed by atoms with E-state index in [9.17, 15) is 9.59 Å². The van der Waals surface area contributed by atoms with Crippen LogP contribution in [-0.2, 0) is 0 Å². The molecule has 0 aliphatic carbocycles. The molecular weight excluding hydrogens is 332 g/mol. The van der Waals surface area contributed by atoms with Crippen molar-refractivity contribution in [2.24, 2.45) is 0 Å². The highest BCUT2D eigenvalue weighted by molar-refractivity contribution is 9.10. The van der Waals surface area contributed by atoms with Gasteiger partial charge in [-0.2, -0.15) is 0 Å². The van der Waals surface area contributed by atoms with Crippen molar-refractivity contribution in [3.05, 3.63) is 33.8 Å². The van der Waals surface area contributed by atoms with E-state index in [0.29, 0.717) is 24.2 Å². The van der Waals surface area contributed by atoms with E-state index in [1.54, 1.807) is 18.2 Å². The van der Waals surface area contributed by atoms with Crippen molar-refractivity contribution in [2.45, 2.75) is 32.6 Å². The Balaban J connectivity index is 1.81. The number of rotatable bonds is 8. The number of fused-ring (bicyclic) bond motifs is 1. The van der Waals surface area contributed by atoms with Gasteiger partial charge in [-0.1, -0.05) is 42.1 Å². The van der Waals surface area contributed by atoms with Crippen LogP contribution < -0.4 is 5.32 Å². The summed E-state index contributed by atoms with van der Waals surface area (Å²) in [5.74, 6) is -0.376. The van der Waals surface area contributed by atoms with Gasteiger partial charge in [-0.3, -0.25) is 14.5 Å². The fraction of sp³-hybridized carbons (Fsp3) is 0.500. The maximum Gasteiger partial charge on any atom is 0.261 e. The van der Waals surface area contributed by atoms with Gasteiger partial charge in [-0.05, 0) is 31.2 Å². The van der Waals surface area contributed by atoms with Crippen molar-refractivity contribution in [3.8, 4) is 0 Å². The summed E-state index contributed by atoms with van der Waals surface area (Å²) in [4.78, 5) is 25.7. The van der Waals surface area contributed by atoms with E-state index in [2.05, 4.69) is 28.2 Å². The minimum Gasteiger partial charge on any atom is -0.315 e. The van der Waals surface area contributed by atoms with Gasteiger partial charge in [0.1, 0.15) is 0 Å². The molecular formula is C16H21BrN2O2. The van der Waals surface area contributed by atoms with Crippen LogP contribution in [0.4, 0.5) is 0 Å². The van der Waals surface area contributed by atoms with E-state index in [1.807, 2.05) is 0 Å². The summed E-state index contributed by atoms with van der Waals surface area (Å²) < 4.78 is 0.818. The van der Waals surface area contributed by atoms with Crippen molar-refractivity contribution in [3.63, 3.8) is 0 Å². The highest BCUT2D eigenvalue weighted by Gasteiger charge is 2.34. The third kappa shape index (κ3) is 3.92. The zero-order chi connectivity index (χ0) is 15.2. The number of hydrogen-bond acceptors (Lipinski definition) is 3. The first-order chi connectivity index (χ1) is 10.1. The number of imide groups is 1. The lowest BCUT2D eigenvalue weighted by atomic mass is 10.1. The summed E-state index contributed by atoms with van der Waals surface area (Å²) >= 11 is 3.33. The zero-order valence-electron chi connectivity index (χ0n) is 12.3. The number of unbranched alkanes of at least 4 members (excludes halogenated alkanes) is 3. The molecule has 4 nitrogen and oxygen atoms in total. The van der Waals surface area contributed by atoms with Crippen LogP contribution in [0.3, 0.4) is 0 Å². The van der Waals surface area contributed by atoms with Gasteiger partial charge in [-0.15, -0.1) is 0 Å². The molecule has 0 atom stereocenters. The summed E-state index contributed by atoms with van der Waals surface area (Å²) in [5, 5.41) is 3.30. The Morgan fingerprint density at radius 1 is 1.05 bits per heavy atom.